The summed E-state index contributed by atoms with van der Waals surface area (Å²) in [4.78, 5) is 25.0. The third-order valence-corrected chi connectivity index (χ3v) is 5.58. The van der Waals surface area contributed by atoms with Gasteiger partial charge < -0.3 is 30.0 Å². The number of para-hydroxylation sites is 1. The van der Waals surface area contributed by atoms with Gasteiger partial charge in [0.25, 0.3) is 11.8 Å². The molecule has 174 valence electrons. The van der Waals surface area contributed by atoms with Gasteiger partial charge in [-0.15, -0.1) is 11.3 Å². The van der Waals surface area contributed by atoms with Gasteiger partial charge in [-0.3, -0.25) is 9.59 Å². The van der Waals surface area contributed by atoms with Gasteiger partial charge in [0.15, 0.2) is 11.5 Å². The number of nitrogens with one attached hydrogen (secondary N) is 2. The predicted octanol–water partition coefficient (Wildman–Crippen LogP) is 2.87. The Hall–Kier alpha value is -3.56. The van der Waals surface area contributed by atoms with E-state index in [1.54, 1.807) is 48.5 Å². The minimum Gasteiger partial charge on any atom is -0.493 e. The van der Waals surface area contributed by atoms with Crippen molar-refractivity contribution in [2.24, 2.45) is 0 Å². The molecule has 9 heteroatoms. The summed E-state index contributed by atoms with van der Waals surface area (Å²) in [7, 11) is 3.03. The highest BCUT2D eigenvalue weighted by Gasteiger charge is 2.15. The highest BCUT2D eigenvalue weighted by Crippen LogP contribution is 2.36. The molecule has 1 aromatic heterocycles. The Bertz CT molecular complexity index is 1030. The van der Waals surface area contributed by atoms with Crippen molar-refractivity contribution < 1.29 is 28.9 Å². The second-order valence-corrected chi connectivity index (χ2v) is 7.97. The molecule has 0 aliphatic heterocycles. The van der Waals surface area contributed by atoms with Gasteiger partial charge in [-0.1, -0.05) is 24.3 Å². The van der Waals surface area contributed by atoms with E-state index in [2.05, 4.69) is 10.6 Å². The number of hydrogen-bond donors (Lipinski definition) is 3. The Morgan fingerprint density at radius 2 is 1.64 bits per heavy atom. The van der Waals surface area contributed by atoms with Crippen molar-refractivity contribution in [1.82, 2.24) is 10.6 Å². The molecule has 0 aliphatic rings. The van der Waals surface area contributed by atoms with E-state index in [9.17, 15) is 14.7 Å². The van der Waals surface area contributed by atoms with Gasteiger partial charge in [-0.05, 0) is 41.3 Å². The smallest absolute Gasteiger partial charge is 0.261 e. The van der Waals surface area contributed by atoms with E-state index in [4.69, 9.17) is 14.2 Å². The molecule has 3 rings (SSSR count). The van der Waals surface area contributed by atoms with E-state index in [0.29, 0.717) is 34.2 Å². The molecule has 0 saturated heterocycles. The van der Waals surface area contributed by atoms with Crippen molar-refractivity contribution in [2.75, 3.05) is 27.4 Å². The van der Waals surface area contributed by atoms with Crippen LogP contribution in [0.4, 0.5) is 0 Å². The third kappa shape index (κ3) is 6.71. The Balaban J connectivity index is 1.45. The number of carbonyl (C=O) groups excluding carboxylic acids is 2. The lowest BCUT2D eigenvalue weighted by molar-refractivity contribution is 0.0833. The minimum atomic E-state index is -0.935. The van der Waals surface area contributed by atoms with Gasteiger partial charge in [0.1, 0.15) is 12.7 Å². The molecule has 2 amide bonds. The van der Waals surface area contributed by atoms with Crippen LogP contribution in [0.3, 0.4) is 0 Å². The number of aliphatic hydroxyl groups is 1. The number of thiophene rings is 1. The number of methoxy groups -OCH3 is 2. The molecule has 1 unspecified atom stereocenters. The summed E-state index contributed by atoms with van der Waals surface area (Å²) in [6.45, 7) is 0.315. The molecule has 0 bridgehead atoms. The van der Waals surface area contributed by atoms with E-state index >= 15 is 0 Å². The summed E-state index contributed by atoms with van der Waals surface area (Å²) < 4.78 is 16.2. The summed E-state index contributed by atoms with van der Waals surface area (Å²) in [5.74, 6) is 0.899. The first-order valence-corrected chi connectivity index (χ1v) is 11.1. The number of hydrogen-bond acceptors (Lipinski definition) is 7. The predicted molar refractivity (Wildman–Crippen MR) is 125 cm³/mol. The molecule has 8 nitrogen and oxygen atoms in total. The quantitative estimate of drug-likeness (QED) is 0.398. The average Bonchev–Trinajstić information content (AvgIpc) is 3.39. The Kier molecular flexibility index (Phi) is 8.68. The maximum atomic E-state index is 12.4. The van der Waals surface area contributed by atoms with Gasteiger partial charge in [0.05, 0.1) is 19.1 Å². The second kappa shape index (κ2) is 11.9. The van der Waals surface area contributed by atoms with Crippen molar-refractivity contribution in [3.05, 3.63) is 76.0 Å². The normalized spacial score (nSPS) is 11.4. The van der Waals surface area contributed by atoms with Crippen LogP contribution in [0, 0.1) is 0 Å². The van der Waals surface area contributed by atoms with Crippen LogP contribution in [-0.4, -0.2) is 50.4 Å². The molecule has 0 spiro atoms. The largest absolute Gasteiger partial charge is 0.493 e. The lowest BCUT2D eigenvalue weighted by Crippen LogP contribution is -2.35. The minimum absolute atomic E-state index is 0.00885. The third-order valence-electron chi connectivity index (χ3n) is 4.72. The second-order valence-electron chi connectivity index (χ2n) is 7.02. The summed E-state index contributed by atoms with van der Waals surface area (Å²) in [6, 6.07) is 15.7. The number of carbonyl (C=O) groups is 2. The van der Waals surface area contributed by atoms with Crippen LogP contribution < -0.4 is 24.8 Å². The molecular formula is C24H26N2O6S. The zero-order chi connectivity index (χ0) is 23.6. The fraction of sp³-hybridized carbons (Fsp3) is 0.250. The van der Waals surface area contributed by atoms with Crippen LogP contribution in [0.1, 0.15) is 25.6 Å². The lowest BCUT2D eigenvalue weighted by Gasteiger charge is -2.17. The number of benzene rings is 2. The van der Waals surface area contributed by atoms with Crippen molar-refractivity contribution in [3.8, 4) is 17.2 Å². The van der Waals surface area contributed by atoms with E-state index in [1.165, 1.54) is 25.6 Å². The lowest BCUT2D eigenvalue weighted by atomic mass is 10.1. The van der Waals surface area contributed by atoms with Crippen molar-refractivity contribution in [2.45, 2.75) is 12.6 Å². The number of ether oxygens (including phenoxy) is 3. The molecule has 1 heterocycles. The number of aliphatic hydroxyl groups excluding tert-OH is 1. The first-order chi connectivity index (χ1) is 16.0. The van der Waals surface area contributed by atoms with E-state index in [1.807, 2.05) is 11.4 Å². The van der Waals surface area contributed by atoms with Crippen LogP contribution >= 0.6 is 11.3 Å². The van der Waals surface area contributed by atoms with Crippen molar-refractivity contribution in [1.29, 1.82) is 0 Å². The topological polar surface area (TPSA) is 106 Å². The summed E-state index contributed by atoms with van der Waals surface area (Å²) in [6.07, 6.45) is -0.935. The number of amides is 2. The summed E-state index contributed by atoms with van der Waals surface area (Å²) in [5.41, 5.74) is 1.32. The molecule has 0 radical (unpaired) electrons. The van der Waals surface area contributed by atoms with Crippen LogP contribution in [-0.2, 0) is 6.54 Å². The summed E-state index contributed by atoms with van der Waals surface area (Å²) >= 11 is 1.38. The van der Waals surface area contributed by atoms with Gasteiger partial charge in [-0.2, -0.15) is 0 Å². The Morgan fingerprint density at radius 3 is 2.24 bits per heavy atom. The van der Waals surface area contributed by atoms with Gasteiger partial charge in [-0.25, -0.2) is 0 Å². The van der Waals surface area contributed by atoms with E-state index < -0.39 is 6.10 Å². The fourth-order valence-electron chi connectivity index (χ4n) is 2.96. The van der Waals surface area contributed by atoms with Crippen LogP contribution in [0.5, 0.6) is 17.2 Å². The fourth-order valence-corrected chi connectivity index (χ4v) is 3.60. The van der Waals surface area contributed by atoms with Crippen molar-refractivity contribution in [3.63, 3.8) is 0 Å². The summed E-state index contributed by atoms with van der Waals surface area (Å²) in [5, 5.41) is 17.6. The Labute approximate surface area is 196 Å². The molecular weight excluding hydrogens is 444 g/mol. The van der Waals surface area contributed by atoms with Gasteiger partial charge in [0, 0.05) is 18.7 Å². The standard InChI is InChI=1S/C24H26N2O6S/c1-30-19-5-3-6-20(31-2)22(19)32-15-18(27)14-26-23(28)17-10-8-16(9-11-17)13-25-24(29)21-7-4-12-33-21/h3-12,18,27H,13-15H2,1-2H3,(H,25,29)(H,26,28). The molecule has 0 fully saturated rings. The van der Waals surface area contributed by atoms with Crippen LogP contribution in [0.15, 0.2) is 60.0 Å². The van der Waals surface area contributed by atoms with Crippen LogP contribution in [0.25, 0.3) is 0 Å². The molecule has 0 aliphatic carbocycles. The molecule has 1 atom stereocenters. The maximum absolute atomic E-state index is 12.4. The average molecular weight is 471 g/mol. The molecule has 3 aromatic rings. The van der Waals surface area contributed by atoms with Gasteiger partial charge in [0.2, 0.25) is 5.75 Å². The highest BCUT2D eigenvalue weighted by atomic mass is 32.1. The zero-order valence-electron chi connectivity index (χ0n) is 18.4. The first kappa shape index (κ1) is 24.1. The maximum Gasteiger partial charge on any atom is 0.261 e. The monoisotopic (exact) mass is 470 g/mol. The number of rotatable bonds is 11. The first-order valence-electron chi connectivity index (χ1n) is 10.2. The van der Waals surface area contributed by atoms with Crippen LogP contribution in [0.2, 0.25) is 0 Å². The van der Waals surface area contributed by atoms with Crippen molar-refractivity contribution >= 4 is 23.2 Å². The molecule has 2 aromatic carbocycles. The van der Waals surface area contributed by atoms with Gasteiger partial charge >= 0.3 is 0 Å². The van der Waals surface area contributed by atoms with E-state index in [-0.39, 0.29) is 25.0 Å². The molecule has 33 heavy (non-hydrogen) atoms. The van der Waals surface area contributed by atoms with E-state index in [0.717, 1.165) is 5.56 Å². The highest BCUT2D eigenvalue weighted by molar-refractivity contribution is 7.12. The SMILES string of the molecule is COc1cccc(OC)c1OCC(O)CNC(=O)c1ccc(CNC(=O)c2cccs2)cc1. The molecule has 0 saturated carbocycles. The molecule has 3 N–H and O–H groups in total. The zero-order valence-corrected chi connectivity index (χ0v) is 19.2. The Morgan fingerprint density at radius 1 is 0.939 bits per heavy atom.